The van der Waals surface area contributed by atoms with Crippen LogP contribution in [0, 0.1) is 0 Å². The lowest BCUT2D eigenvalue weighted by Gasteiger charge is -2.25. The number of carboxylic acid groups (broad SMARTS) is 2. The molecule has 37 heavy (non-hydrogen) atoms. The summed E-state index contributed by atoms with van der Waals surface area (Å²) < 4.78 is 0. The molecule has 4 atom stereocenters. The number of benzene rings is 1. The molecular weight excluding hydrogens is 506 g/mol. The molecule has 0 bridgehead atoms. The van der Waals surface area contributed by atoms with Gasteiger partial charge >= 0.3 is 11.9 Å². The Hall–Kier alpha value is -3.65. The maximum Gasteiger partial charge on any atom is 0.326 e. The van der Waals surface area contributed by atoms with Gasteiger partial charge in [0.05, 0.1) is 12.5 Å². The Balaban J connectivity index is 3.08. The number of carbonyl (C=O) groups excluding carboxylic acids is 4. The minimum Gasteiger partial charge on any atom is -0.481 e. The standard InChI is InChI=1S/C23H33N5O8S/c1-37-10-9-15(23(35)36)26-22(34)17(12-18(25)29)28-21(33)16(11-13-5-3-2-4-6-13)27-20(32)14(24)7-8-19(30)31/h2-6,14-17H,7-12,24H2,1H3,(H2,25,29)(H,26,34)(H,27,32)(H,28,33)(H,30,31)(H,35,36). The van der Waals surface area contributed by atoms with Crippen LogP contribution >= 0.6 is 11.8 Å². The Labute approximate surface area is 218 Å². The molecule has 0 heterocycles. The van der Waals surface area contributed by atoms with Crippen molar-refractivity contribution < 1.29 is 39.0 Å². The molecule has 14 heteroatoms. The zero-order valence-corrected chi connectivity index (χ0v) is 21.2. The quantitative estimate of drug-likeness (QED) is 0.122. The van der Waals surface area contributed by atoms with E-state index in [-0.39, 0.29) is 25.7 Å². The normalized spacial score (nSPS) is 13.9. The Morgan fingerprint density at radius 2 is 1.43 bits per heavy atom. The van der Waals surface area contributed by atoms with E-state index in [4.69, 9.17) is 16.6 Å². The van der Waals surface area contributed by atoms with Gasteiger partial charge in [-0.2, -0.15) is 11.8 Å². The molecule has 1 aromatic carbocycles. The number of aliphatic carboxylic acids is 2. The molecule has 204 valence electrons. The highest BCUT2D eigenvalue weighted by Gasteiger charge is 2.31. The molecule has 4 unspecified atom stereocenters. The number of nitrogens with one attached hydrogen (secondary N) is 3. The van der Waals surface area contributed by atoms with E-state index in [9.17, 15) is 33.9 Å². The van der Waals surface area contributed by atoms with Crippen LogP contribution in [0.1, 0.15) is 31.2 Å². The number of hydrogen-bond donors (Lipinski definition) is 7. The highest BCUT2D eigenvalue weighted by atomic mass is 32.2. The van der Waals surface area contributed by atoms with Crippen molar-refractivity contribution in [2.24, 2.45) is 11.5 Å². The molecule has 0 aliphatic heterocycles. The van der Waals surface area contributed by atoms with Gasteiger partial charge in [0, 0.05) is 12.8 Å². The summed E-state index contributed by atoms with van der Waals surface area (Å²) in [4.78, 5) is 72.3. The minimum atomic E-state index is -1.50. The number of primary amides is 1. The fraction of sp³-hybridized carbons (Fsp3) is 0.478. The number of nitrogens with two attached hydrogens (primary N) is 2. The Morgan fingerprint density at radius 3 is 1.97 bits per heavy atom. The second-order valence-electron chi connectivity index (χ2n) is 8.20. The van der Waals surface area contributed by atoms with E-state index in [1.165, 1.54) is 11.8 Å². The number of carbonyl (C=O) groups is 6. The van der Waals surface area contributed by atoms with Crippen LogP contribution < -0.4 is 27.4 Å². The molecule has 0 aliphatic carbocycles. The van der Waals surface area contributed by atoms with Gasteiger partial charge in [-0.15, -0.1) is 0 Å². The van der Waals surface area contributed by atoms with Crippen LogP contribution in [-0.2, 0) is 35.2 Å². The first-order chi connectivity index (χ1) is 17.4. The summed E-state index contributed by atoms with van der Waals surface area (Å²) in [6, 6.07) is 3.38. The van der Waals surface area contributed by atoms with Crippen LogP contribution in [0.2, 0.25) is 0 Å². The van der Waals surface area contributed by atoms with Gasteiger partial charge in [-0.25, -0.2) is 4.79 Å². The van der Waals surface area contributed by atoms with Crippen LogP contribution in [0.25, 0.3) is 0 Å². The van der Waals surface area contributed by atoms with Gasteiger partial charge in [0.15, 0.2) is 0 Å². The molecule has 0 fully saturated rings. The van der Waals surface area contributed by atoms with Crippen molar-refractivity contribution in [1.82, 2.24) is 16.0 Å². The van der Waals surface area contributed by atoms with Gasteiger partial charge in [-0.3, -0.25) is 24.0 Å². The van der Waals surface area contributed by atoms with E-state index in [0.29, 0.717) is 11.3 Å². The summed E-state index contributed by atoms with van der Waals surface area (Å²) in [6.07, 6.45) is 0.732. The summed E-state index contributed by atoms with van der Waals surface area (Å²) in [5.74, 6) is -5.46. The highest BCUT2D eigenvalue weighted by molar-refractivity contribution is 7.98. The smallest absolute Gasteiger partial charge is 0.326 e. The lowest BCUT2D eigenvalue weighted by atomic mass is 10.0. The summed E-state index contributed by atoms with van der Waals surface area (Å²) in [5, 5.41) is 25.3. The number of amides is 4. The molecule has 1 rings (SSSR count). The first kappa shape index (κ1) is 31.4. The van der Waals surface area contributed by atoms with E-state index in [0.717, 1.165) is 0 Å². The Kier molecular flexibility index (Phi) is 13.7. The van der Waals surface area contributed by atoms with Crippen LogP contribution in [0.15, 0.2) is 30.3 Å². The average Bonchev–Trinajstić information content (AvgIpc) is 2.84. The van der Waals surface area contributed by atoms with Crippen molar-refractivity contribution in [1.29, 1.82) is 0 Å². The topological polar surface area (TPSA) is 231 Å². The molecule has 4 amide bonds. The third kappa shape index (κ3) is 12.2. The van der Waals surface area contributed by atoms with E-state index >= 15 is 0 Å². The number of rotatable bonds is 17. The van der Waals surface area contributed by atoms with Crippen molar-refractivity contribution in [3.63, 3.8) is 0 Å². The lowest BCUT2D eigenvalue weighted by Crippen LogP contribution is -2.58. The summed E-state index contributed by atoms with van der Waals surface area (Å²) in [6.45, 7) is 0. The molecule has 13 nitrogen and oxygen atoms in total. The molecule has 0 spiro atoms. The molecule has 0 aliphatic rings. The van der Waals surface area contributed by atoms with Gasteiger partial charge in [0.1, 0.15) is 18.1 Å². The SMILES string of the molecule is CSCCC(NC(=O)C(CC(N)=O)NC(=O)C(Cc1ccccc1)NC(=O)C(N)CCC(=O)O)C(=O)O. The van der Waals surface area contributed by atoms with Crippen molar-refractivity contribution in [2.75, 3.05) is 12.0 Å². The van der Waals surface area contributed by atoms with Crippen LogP contribution in [0.3, 0.4) is 0 Å². The fourth-order valence-corrected chi connectivity index (χ4v) is 3.67. The first-order valence-electron chi connectivity index (χ1n) is 11.4. The number of thioether (sulfide) groups is 1. The third-order valence-electron chi connectivity index (χ3n) is 5.19. The fourth-order valence-electron chi connectivity index (χ4n) is 3.20. The molecule has 0 saturated heterocycles. The Bertz CT molecular complexity index is 962. The van der Waals surface area contributed by atoms with Gasteiger partial charge < -0.3 is 37.6 Å². The molecule has 9 N–H and O–H groups in total. The summed E-state index contributed by atoms with van der Waals surface area (Å²) in [7, 11) is 0. The molecule has 1 aromatic rings. The maximum absolute atomic E-state index is 13.1. The van der Waals surface area contributed by atoms with Crippen molar-refractivity contribution in [2.45, 2.75) is 56.3 Å². The lowest BCUT2D eigenvalue weighted by molar-refractivity contribution is -0.142. The molecule has 0 radical (unpaired) electrons. The summed E-state index contributed by atoms with van der Waals surface area (Å²) in [5.41, 5.74) is 11.6. The number of hydrogen-bond acceptors (Lipinski definition) is 8. The van der Waals surface area contributed by atoms with Crippen LogP contribution in [0.4, 0.5) is 0 Å². The Morgan fingerprint density at radius 1 is 0.865 bits per heavy atom. The molecule has 0 aromatic heterocycles. The maximum atomic E-state index is 13.1. The first-order valence-corrected chi connectivity index (χ1v) is 12.8. The van der Waals surface area contributed by atoms with Crippen LogP contribution in [0.5, 0.6) is 0 Å². The summed E-state index contributed by atoms with van der Waals surface area (Å²) >= 11 is 1.38. The van der Waals surface area contributed by atoms with Gasteiger partial charge in [0.2, 0.25) is 23.6 Å². The molecular formula is C23H33N5O8S. The monoisotopic (exact) mass is 539 g/mol. The minimum absolute atomic E-state index is 0.0134. The largest absolute Gasteiger partial charge is 0.481 e. The van der Waals surface area contributed by atoms with E-state index in [2.05, 4.69) is 16.0 Å². The third-order valence-corrected chi connectivity index (χ3v) is 5.83. The van der Waals surface area contributed by atoms with E-state index in [1.807, 2.05) is 0 Å². The van der Waals surface area contributed by atoms with Crippen molar-refractivity contribution in [3.05, 3.63) is 35.9 Å². The molecule has 0 saturated carbocycles. The average molecular weight is 540 g/mol. The van der Waals surface area contributed by atoms with E-state index < -0.39 is 66.2 Å². The van der Waals surface area contributed by atoms with Gasteiger partial charge in [0.25, 0.3) is 0 Å². The van der Waals surface area contributed by atoms with Crippen LogP contribution in [-0.4, -0.2) is 82.0 Å². The highest BCUT2D eigenvalue weighted by Crippen LogP contribution is 2.07. The van der Waals surface area contributed by atoms with Crippen molar-refractivity contribution >= 4 is 47.3 Å². The number of carboxylic acids is 2. The van der Waals surface area contributed by atoms with E-state index in [1.54, 1.807) is 36.6 Å². The predicted molar refractivity (Wildman–Crippen MR) is 135 cm³/mol. The van der Waals surface area contributed by atoms with Gasteiger partial charge in [-0.05, 0) is 30.4 Å². The second kappa shape index (κ2) is 16.2. The zero-order chi connectivity index (χ0) is 28.0. The van der Waals surface area contributed by atoms with Gasteiger partial charge in [-0.1, -0.05) is 30.3 Å². The second-order valence-corrected chi connectivity index (χ2v) is 9.19. The van der Waals surface area contributed by atoms with Crippen molar-refractivity contribution in [3.8, 4) is 0 Å². The zero-order valence-electron chi connectivity index (χ0n) is 20.3. The predicted octanol–water partition coefficient (Wildman–Crippen LogP) is -1.41.